The quantitative estimate of drug-likeness (QED) is 0.365. The molecule has 0 saturated carbocycles. The van der Waals surface area contributed by atoms with Crippen molar-refractivity contribution in [3.05, 3.63) is 48.5 Å². The monoisotopic (exact) mass is 420 g/mol. The molecule has 0 N–H and O–H groups in total. The number of rotatable bonds is 4. The molecule has 1 aromatic carbocycles. The van der Waals surface area contributed by atoms with E-state index in [1.165, 1.54) is 11.8 Å². The first-order chi connectivity index (χ1) is 14.7. The molecule has 0 aliphatic carbocycles. The van der Waals surface area contributed by atoms with Gasteiger partial charge in [0.1, 0.15) is 5.82 Å². The minimum atomic E-state index is 0.0913. The number of carbonyl (C=O) groups is 1. The molecule has 0 bridgehead atoms. The summed E-state index contributed by atoms with van der Waals surface area (Å²) in [7, 11) is 0. The summed E-state index contributed by atoms with van der Waals surface area (Å²) in [4.78, 5) is 34.6. The molecule has 152 valence electrons. The van der Waals surface area contributed by atoms with Gasteiger partial charge in [0.05, 0.1) is 11.3 Å². The average molecular weight is 421 g/mol. The summed E-state index contributed by atoms with van der Waals surface area (Å²) in [5.41, 5.74) is 1.62. The molecule has 1 amide bonds. The van der Waals surface area contributed by atoms with Gasteiger partial charge in [-0.05, 0) is 25.1 Å². The predicted octanol–water partition coefficient (Wildman–Crippen LogP) is 1.82. The number of fused-ring (bicyclic) bond motifs is 3. The van der Waals surface area contributed by atoms with Gasteiger partial charge in [0.15, 0.2) is 10.8 Å². The summed E-state index contributed by atoms with van der Waals surface area (Å²) in [5, 5.41) is 6.10. The molecule has 3 aromatic heterocycles. The van der Waals surface area contributed by atoms with E-state index in [1.807, 2.05) is 36.1 Å². The van der Waals surface area contributed by atoms with Crippen LogP contribution in [-0.4, -0.2) is 72.3 Å². The Labute approximate surface area is 177 Å². The highest BCUT2D eigenvalue weighted by Crippen LogP contribution is 2.24. The number of anilines is 1. The first-order valence-corrected chi connectivity index (χ1v) is 10.7. The maximum Gasteiger partial charge on any atom is 0.233 e. The van der Waals surface area contributed by atoms with Crippen LogP contribution in [0, 0.1) is 6.92 Å². The third-order valence-electron chi connectivity index (χ3n) is 5.05. The van der Waals surface area contributed by atoms with Gasteiger partial charge in [-0.15, -0.1) is 5.10 Å². The second-order valence-electron chi connectivity index (χ2n) is 7.01. The van der Waals surface area contributed by atoms with Crippen LogP contribution in [0.5, 0.6) is 0 Å². The number of piperazine rings is 1. The van der Waals surface area contributed by atoms with Gasteiger partial charge in [-0.1, -0.05) is 23.9 Å². The van der Waals surface area contributed by atoms with Gasteiger partial charge in [-0.25, -0.2) is 19.9 Å². The number of thioether (sulfide) groups is 1. The van der Waals surface area contributed by atoms with Crippen LogP contribution in [0.15, 0.2) is 47.9 Å². The summed E-state index contributed by atoms with van der Waals surface area (Å²) in [6.07, 6.45) is 3.47. The standard InChI is InChI=1S/C20H20N8OS/c1-14-23-18-15-5-2-3-6-16(15)24-20(28(18)25-14)30-13-17(29)26-9-11-27(12-10-26)19-21-7-4-8-22-19/h2-8H,9-13H2,1H3. The Kier molecular flexibility index (Phi) is 4.91. The number of carbonyl (C=O) groups excluding carboxylic acids is 1. The van der Waals surface area contributed by atoms with E-state index in [0.29, 0.717) is 35.8 Å². The molecule has 0 unspecified atom stereocenters. The molecule has 10 heteroatoms. The fourth-order valence-corrected chi connectivity index (χ4v) is 4.40. The molecule has 1 saturated heterocycles. The van der Waals surface area contributed by atoms with Crippen LogP contribution in [0.2, 0.25) is 0 Å². The molecular weight excluding hydrogens is 400 g/mol. The summed E-state index contributed by atoms with van der Waals surface area (Å²) in [5.74, 6) is 1.79. The Morgan fingerprint density at radius 3 is 2.60 bits per heavy atom. The van der Waals surface area contributed by atoms with Crippen molar-refractivity contribution in [2.24, 2.45) is 0 Å². The van der Waals surface area contributed by atoms with Crippen molar-refractivity contribution in [3.8, 4) is 0 Å². The fourth-order valence-electron chi connectivity index (χ4n) is 3.55. The molecule has 30 heavy (non-hydrogen) atoms. The molecule has 9 nitrogen and oxygen atoms in total. The molecule has 1 aliphatic rings. The van der Waals surface area contributed by atoms with Gasteiger partial charge >= 0.3 is 0 Å². The summed E-state index contributed by atoms with van der Waals surface area (Å²) in [6.45, 7) is 4.61. The molecule has 1 fully saturated rings. The number of hydrogen-bond acceptors (Lipinski definition) is 8. The fraction of sp³-hybridized carbons (Fsp3) is 0.300. The van der Waals surface area contributed by atoms with Crippen LogP contribution < -0.4 is 4.90 Å². The van der Waals surface area contributed by atoms with Crippen LogP contribution >= 0.6 is 11.8 Å². The lowest BCUT2D eigenvalue weighted by atomic mass is 10.2. The summed E-state index contributed by atoms with van der Waals surface area (Å²) >= 11 is 1.40. The largest absolute Gasteiger partial charge is 0.338 e. The number of aromatic nitrogens is 6. The van der Waals surface area contributed by atoms with Crippen molar-refractivity contribution in [2.75, 3.05) is 36.8 Å². The highest BCUT2D eigenvalue weighted by molar-refractivity contribution is 7.99. The van der Waals surface area contributed by atoms with Crippen LogP contribution in [0.4, 0.5) is 5.95 Å². The lowest BCUT2D eigenvalue weighted by molar-refractivity contribution is -0.128. The highest BCUT2D eigenvalue weighted by atomic mass is 32.2. The number of benzene rings is 1. The molecule has 4 aromatic rings. The van der Waals surface area contributed by atoms with E-state index in [1.54, 1.807) is 23.0 Å². The molecular formula is C20H20N8OS. The van der Waals surface area contributed by atoms with E-state index in [2.05, 4.69) is 25.0 Å². The first kappa shape index (κ1) is 18.7. The van der Waals surface area contributed by atoms with Gasteiger partial charge in [0.2, 0.25) is 11.9 Å². The van der Waals surface area contributed by atoms with Gasteiger partial charge in [0, 0.05) is 44.0 Å². The number of amides is 1. The van der Waals surface area contributed by atoms with Gasteiger partial charge < -0.3 is 9.80 Å². The molecule has 0 radical (unpaired) electrons. The van der Waals surface area contributed by atoms with Crippen LogP contribution in [0.3, 0.4) is 0 Å². The van der Waals surface area contributed by atoms with Crippen molar-refractivity contribution in [1.29, 1.82) is 0 Å². The van der Waals surface area contributed by atoms with Crippen molar-refractivity contribution in [3.63, 3.8) is 0 Å². The number of hydrogen-bond donors (Lipinski definition) is 0. The SMILES string of the molecule is Cc1nc2c3ccccc3nc(SCC(=O)N3CCN(c4ncccn4)CC3)n2n1. The number of para-hydroxylation sites is 1. The van der Waals surface area contributed by atoms with Crippen LogP contribution in [0.25, 0.3) is 16.6 Å². The zero-order valence-electron chi connectivity index (χ0n) is 16.5. The summed E-state index contributed by atoms with van der Waals surface area (Å²) < 4.78 is 1.74. The van der Waals surface area contributed by atoms with E-state index >= 15 is 0 Å². The lowest BCUT2D eigenvalue weighted by Gasteiger charge is -2.34. The topological polar surface area (TPSA) is 92.4 Å². The predicted molar refractivity (Wildman–Crippen MR) is 115 cm³/mol. The van der Waals surface area contributed by atoms with Crippen molar-refractivity contribution >= 4 is 40.2 Å². The summed E-state index contributed by atoms with van der Waals surface area (Å²) in [6, 6.07) is 9.65. The van der Waals surface area contributed by atoms with Crippen LogP contribution in [-0.2, 0) is 4.79 Å². The third kappa shape index (κ3) is 3.54. The van der Waals surface area contributed by atoms with Gasteiger partial charge in [-0.3, -0.25) is 4.79 Å². The second kappa shape index (κ2) is 7.86. The number of nitrogens with zero attached hydrogens (tertiary/aromatic N) is 8. The van der Waals surface area contributed by atoms with Crippen molar-refractivity contribution < 1.29 is 4.79 Å². The van der Waals surface area contributed by atoms with Gasteiger partial charge in [0.25, 0.3) is 0 Å². The third-order valence-corrected chi connectivity index (χ3v) is 5.96. The van der Waals surface area contributed by atoms with E-state index in [4.69, 9.17) is 4.98 Å². The minimum Gasteiger partial charge on any atom is -0.338 e. The molecule has 1 aliphatic heterocycles. The maximum absolute atomic E-state index is 12.8. The Bertz CT molecular complexity index is 1200. The van der Waals surface area contributed by atoms with E-state index < -0.39 is 0 Å². The van der Waals surface area contributed by atoms with E-state index in [-0.39, 0.29) is 5.91 Å². The second-order valence-corrected chi connectivity index (χ2v) is 7.95. The van der Waals surface area contributed by atoms with E-state index in [0.717, 1.165) is 29.6 Å². The zero-order chi connectivity index (χ0) is 20.5. The van der Waals surface area contributed by atoms with Crippen LogP contribution in [0.1, 0.15) is 5.82 Å². The Balaban J connectivity index is 1.28. The molecule has 5 rings (SSSR count). The maximum atomic E-state index is 12.8. The zero-order valence-corrected chi connectivity index (χ0v) is 17.3. The average Bonchev–Trinajstić information content (AvgIpc) is 3.20. The van der Waals surface area contributed by atoms with Crippen molar-refractivity contribution in [1.82, 2.24) is 34.4 Å². The first-order valence-electron chi connectivity index (χ1n) is 9.74. The normalized spacial score (nSPS) is 14.6. The highest BCUT2D eigenvalue weighted by Gasteiger charge is 2.23. The Morgan fingerprint density at radius 2 is 1.80 bits per heavy atom. The minimum absolute atomic E-state index is 0.0913. The van der Waals surface area contributed by atoms with Crippen molar-refractivity contribution in [2.45, 2.75) is 12.1 Å². The Hall–Kier alpha value is -3.27. The lowest BCUT2D eigenvalue weighted by Crippen LogP contribution is -2.49. The molecule has 0 atom stereocenters. The smallest absolute Gasteiger partial charge is 0.233 e. The molecule has 0 spiro atoms. The van der Waals surface area contributed by atoms with Gasteiger partial charge in [-0.2, -0.15) is 4.52 Å². The van der Waals surface area contributed by atoms with E-state index in [9.17, 15) is 4.79 Å². The number of aryl methyl sites for hydroxylation is 1. The Morgan fingerprint density at radius 1 is 1.03 bits per heavy atom. The molecule has 4 heterocycles.